The monoisotopic (exact) mass is 423 g/mol. The van der Waals surface area contributed by atoms with Gasteiger partial charge in [0.2, 0.25) is 0 Å². The predicted octanol–water partition coefficient (Wildman–Crippen LogP) is 2.73. The molecule has 5 nitrogen and oxygen atoms in total. The van der Waals surface area contributed by atoms with Crippen LogP contribution in [0, 0.1) is 5.82 Å². The fourth-order valence-electron chi connectivity index (χ4n) is 3.86. The van der Waals surface area contributed by atoms with Gasteiger partial charge in [-0.2, -0.15) is 0 Å². The van der Waals surface area contributed by atoms with Gasteiger partial charge in [0, 0.05) is 5.56 Å². The lowest BCUT2D eigenvalue weighted by molar-refractivity contribution is -0.895. The Hall–Kier alpha value is -3.25. The molecule has 0 unspecified atom stereocenters. The van der Waals surface area contributed by atoms with E-state index in [2.05, 4.69) is 13.8 Å². The molecule has 1 atom stereocenters. The van der Waals surface area contributed by atoms with Crippen LogP contribution in [-0.2, 0) is 9.59 Å². The number of hydrogen-bond acceptors (Lipinski definition) is 3. The summed E-state index contributed by atoms with van der Waals surface area (Å²) in [6.45, 7) is 6.81. The second kappa shape index (κ2) is 10.2. The quantitative estimate of drug-likeness (QED) is 0.610. The predicted molar refractivity (Wildman–Crippen MR) is 118 cm³/mol. The molecule has 0 fully saturated rings. The first-order valence-corrected chi connectivity index (χ1v) is 10.6. The largest absolute Gasteiger partial charge is 0.503 e. The third-order valence-electron chi connectivity index (χ3n) is 5.70. The number of amides is 1. The number of aliphatic hydroxyl groups is 1. The average molecular weight is 424 g/mol. The Morgan fingerprint density at radius 1 is 1.10 bits per heavy atom. The van der Waals surface area contributed by atoms with Gasteiger partial charge in [0.1, 0.15) is 5.82 Å². The summed E-state index contributed by atoms with van der Waals surface area (Å²) in [5.41, 5.74) is 0.924. The molecule has 3 rings (SSSR count). The molecule has 1 aliphatic rings. The lowest BCUT2D eigenvalue weighted by atomic mass is 9.95. The van der Waals surface area contributed by atoms with Gasteiger partial charge in [0.15, 0.2) is 11.5 Å². The molecule has 0 bridgehead atoms. The van der Waals surface area contributed by atoms with Gasteiger partial charge in [-0.15, -0.1) is 0 Å². The zero-order valence-corrected chi connectivity index (χ0v) is 17.8. The maximum Gasteiger partial charge on any atom is 0.290 e. The van der Waals surface area contributed by atoms with Gasteiger partial charge >= 0.3 is 0 Å². The van der Waals surface area contributed by atoms with Gasteiger partial charge in [0.25, 0.3) is 5.91 Å². The molecular weight excluding hydrogens is 395 g/mol. The first-order valence-electron chi connectivity index (χ1n) is 10.6. The molecule has 6 heteroatoms. The van der Waals surface area contributed by atoms with Crippen molar-refractivity contribution in [2.24, 2.45) is 0 Å². The summed E-state index contributed by atoms with van der Waals surface area (Å²) in [5, 5.41) is 10.6. The number of ketones is 1. The van der Waals surface area contributed by atoms with E-state index in [4.69, 9.17) is 0 Å². The van der Waals surface area contributed by atoms with Crippen molar-refractivity contribution >= 4 is 17.8 Å². The number of halogens is 1. The highest BCUT2D eigenvalue weighted by Gasteiger charge is 2.44. The fourth-order valence-corrected chi connectivity index (χ4v) is 3.86. The van der Waals surface area contributed by atoms with Crippen molar-refractivity contribution in [2.45, 2.75) is 19.9 Å². The lowest BCUT2D eigenvalue weighted by Gasteiger charge is -2.28. The van der Waals surface area contributed by atoms with Crippen LogP contribution in [0.3, 0.4) is 0 Å². The van der Waals surface area contributed by atoms with Gasteiger partial charge in [-0.1, -0.05) is 54.6 Å². The molecule has 2 aromatic carbocycles. The number of allylic oxidation sites excluding steroid dienone is 1. The Morgan fingerprint density at radius 3 is 2.39 bits per heavy atom. The summed E-state index contributed by atoms with van der Waals surface area (Å²) in [7, 11) is 0. The normalized spacial score (nSPS) is 16.7. The molecule has 1 aliphatic heterocycles. The van der Waals surface area contributed by atoms with E-state index in [1.807, 2.05) is 30.3 Å². The second-order valence-corrected chi connectivity index (χ2v) is 7.50. The average Bonchev–Trinajstić information content (AvgIpc) is 3.04. The minimum absolute atomic E-state index is 0.0863. The number of quaternary nitrogens is 1. The Balaban J connectivity index is 1.97. The summed E-state index contributed by atoms with van der Waals surface area (Å²) in [4.78, 5) is 28.6. The number of carbonyl (C=O) groups is 2. The van der Waals surface area contributed by atoms with Crippen molar-refractivity contribution in [3.05, 3.63) is 88.9 Å². The molecule has 162 valence electrons. The van der Waals surface area contributed by atoms with Crippen LogP contribution in [0.1, 0.15) is 31.0 Å². The van der Waals surface area contributed by atoms with Crippen LogP contribution in [0.5, 0.6) is 0 Å². The third kappa shape index (κ3) is 4.91. The van der Waals surface area contributed by atoms with Crippen LogP contribution < -0.4 is 4.90 Å². The highest BCUT2D eigenvalue weighted by molar-refractivity contribution is 6.14. The lowest BCUT2D eigenvalue weighted by Crippen LogP contribution is -3.12. The minimum atomic E-state index is -0.961. The molecule has 0 radical (unpaired) electrons. The van der Waals surface area contributed by atoms with E-state index in [0.29, 0.717) is 13.1 Å². The summed E-state index contributed by atoms with van der Waals surface area (Å²) in [5.74, 6) is -2.28. The van der Waals surface area contributed by atoms with Crippen LogP contribution in [0.2, 0.25) is 0 Å². The van der Waals surface area contributed by atoms with Crippen molar-refractivity contribution < 1.29 is 24.0 Å². The van der Waals surface area contributed by atoms with Crippen molar-refractivity contribution in [1.29, 1.82) is 0 Å². The molecule has 2 aromatic rings. The number of hydrogen-bond donors (Lipinski definition) is 2. The zero-order valence-electron chi connectivity index (χ0n) is 17.8. The summed E-state index contributed by atoms with van der Waals surface area (Å²) < 4.78 is 14.7. The van der Waals surface area contributed by atoms with Crippen molar-refractivity contribution in [3.63, 3.8) is 0 Å². The molecule has 1 amide bonds. The standard InChI is InChI=1S/C25H27FN2O3/c1-3-27(4-2)16-17-28-23(19-12-8-9-13-20(19)26)22(24(30)25(28)31)21(29)15-14-18-10-6-5-7-11-18/h5-15,23,30H,3-4,16-17H2,1-2H3/p+1/b15-14+/t23-/m0/s1. The number of nitrogens with one attached hydrogen (secondary N) is 1. The van der Waals surface area contributed by atoms with Crippen LogP contribution in [0.15, 0.2) is 72.0 Å². The Bertz CT molecular complexity index is 997. The Morgan fingerprint density at radius 2 is 1.74 bits per heavy atom. The van der Waals surface area contributed by atoms with Crippen molar-refractivity contribution in [3.8, 4) is 0 Å². The van der Waals surface area contributed by atoms with Gasteiger partial charge in [-0.05, 0) is 31.6 Å². The Labute approximate surface area is 182 Å². The smallest absolute Gasteiger partial charge is 0.290 e. The van der Waals surface area contributed by atoms with Crippen LogP contribution in [0.25, 0.3) is 6.08 Å². The zero-order chi connectivity index (χ0) is 22.4. The van der Waals surface area contributed by atoms with Crippen LogP contribution in [0.4, 0.5) is 4.39 Å². The minimum Gasteiger partial charge on any atom is -0.503 e. The molecule has 0 saturated carbocycles. The van der Waals surface area contributed by atoms with E-state index in [-0.39, 0.29) is 11.1 Å². The van der Waals surface area contributed by atoms with Crippen molar-refractivity contribution in [2.75, 3.05) is 26.2 Å². The van der Waals surface area contributed by atoms with E-state index < -0.39 is 29.3 Å². The SMILES string of the molecule is CC[NH+](CC)CCN1C(=O)C(O)=C(C(=O)/C=C/c2ccccc2)[C@@H]1c1ccccc1F. The first-order chi connectivity index (χ1) is 15.0. The van der Waals surface area contributed by atoms with E-state index in [0.717, 1.165) is 18.7 Å². The van der Waals surface area contributed by atoms with Gasteiger partial charge in [-0.3, -0.25) is 9.59 Å². The maximum absolute atomic E-state index is 14.7. The number of carbonyl (C=O) groups excluding carboxylic acids is 2. The highest BCUT2D eigenvalue weighted by Crippen LogP contribution is 2.38. The number of benzene rings is 2. The van der Waals surface area contributed by atoms with E-state index in [1.165, 1.54) is 21.9 Å². The summed E-state index contributed by atoms with van der Waals surface area (Å²) in [6.07, 6.45) is 2.94. The van der Waals surface area contributed by atoms with Crippen molar-refractivity contribution in [1.82, 2.24) is 4.90 Å². The van der Waals surface area contributed by atoms with Gasteiger partial charge in [-0.25, -0.2) is 4.39 Å². The van der Waals surface area contributed by atoms with E-state index in [1.54, 1.807) is 24.3 Å². The molecule has 0 spiro atoms. The number of likely N-dealkylation sites (N-methyl/N-ethyl adjacent to an activating group) is 1. The molecule has 2 N–H and O–H groups in total. The van der Waals surface area contributed by atoms with Crippen LogP contribution >= 0.6 is 0 Å². The topological polar surface area (TPSA) is 62.1 Å². The number of nitrogens with zero attached hydrogens (tertiary/aromatic N) is 1. The van der Waals surface area contributed by atoms with Crippen LogP contribution in [-0.4, -0.2) is 47.9 Å². The molecular formula is C25H28FN2O3+. The van der Waals surface area contributed by atoms with E-state index >= 15 is 0 Å². The van der Waals surface area contributed by atoms with Gasteiger partial charge < -0.3 is 14.9 Å². The number of rotatable bonds is 9. The molecule has 0 saturated heterocycles. The fraction of sp³-hybridized carbons (Fsp3) is 0.280. The molecule has 1 heterocycles. The molecule has 0 aliphatic carbocycles. The number of aliphatic hydroxyl groups excluding tert-OH is 1. The summed E-state index contributed by atoms with van der Waals surface area (Å²) >= 11 is 0. The Kier molecular flexibility index (Phi) is 7.36. The third-order valence-corrected chi connectivity index (χ3v) is 5.70. The van der Waals surface area contributed by atoms with E-state index in [9.17, 15) is 19.1 Å². The summed E-state index contributed by atoms with van der Waals surface area (Å²) in [6, 6.07) is 14.3. The molecule has 31 heavy (non-hydrogen) atoms. The first kappa shape index (κ1) is 22.4. The van der Waals surface area contributed by atoms with Gasteiger partial charge in [0.05, 0.1) is 37.8 Å². The highest BCUT2D eigenvalue weighted by atomic mass is 19.1. The second-order valence-electron chi connectivity index (χ2n) is 7.50. The maximum atomic E-state index is 14.7. The molecule has 0 aromatic heterocycles.